The molecule has 78 valence electrons. The van der Waals surface area contributed by atoms with Gasteiger partial charge in [-0.3, -0.25) is 0 Å². The molecule has 13 heavy (non-hydrogen) atoms. The van der Waals surface area contributed by atoms with E-state index in [1.807, 2.05) is 0 Å². The first-order chi connectivity index (χ1) is 6.05. The van der Waals surface area contributed by atoms with Crippen LogP contribution in [0.2, 0.25) is 0 Å². The van der Waals surface area contributed by atoms with Crippen LogP contribution in [0.25, 0.3) is 0 Å². The molecule has 1 aliphatic carbocycles. The second kappa shape index (κ2) is 4.45. The Labute approximate surface area is 82.5 Å². The van der Waals surface area contributed by atoms with E-state index in [1.54, 1.807) is 0 Å². The van der Waals surface area contributed by atoms with Crippen molar-refractivity contribution in [2.45, 2.75) is 65.4 Å². The zero-order chi connectivity index (χ0) is 9.90. The van der Waals surface area contributed by atoms with Gasteiger partial charge in [0.2, 0.25) is 0 Å². The van der Waals surface area contributed by atoms with Crippen molar-refractivity contribution in [1.82, 2.24) is 0 Å². The van der Waals surface area contributed by atoms with Crippen LogP contribution in [0.3, 0.4) is 0 Å². The quantitative estimate of drug-likeness (QED) is 0.713. The highest BCUT2D eigenvalue weighted by Crippen LogP contribution is 2.40. The van der Waals surface area contributed by atoms with Crippen LogP contribution in [0, 0.1) is 11.3 Å². The van der Waals surface area contributed by atoms with E-state index in [4.69, 9.17) is 0 Å². The van der Waals surface area contributed by atoms with Crippen LogP contribution in [-0.4, -0.2) is 11.2 Å². The smallest absolute Gasteiger partial charge is 0.0568 e. The fourth-order valence-corrected chi connectivity index (χ4v) is 2.62. The van der Waals surface area contributed by atoms with Crippen LogP contribution in [0.5, 0.6) is 0 Å². The van der Waals surface area contributed by atoms with Crippen LogP contribution in [0.4, 0.5) is 0 Å². The zero-order valence-corrected chi connectivity index (χ0v) is 9.34. The van der Waals surface area contributed by atoms with Gasteiger partial charge in [-0.1, -0.05) is 33.6 Å². The van der Waals surface area contributed by atoms with Crippen molar-refractivity contribution in [3.05, 3.63) is 0 Å². The molecule has 1 heteroatoms. The fourth-order valence-electron chi connectivity index (χ4n) is 2.62. The lowest BCUT2D eigenvalue weighted by atomic mass is 9.70. The third-order valence-electron chi connectivity index (χ3n) is 3.37. The predicted molar refractivity (Wildman–Crippen MR) is 56.7 cm³/mol. The summed E-state index contributed by atoms with van der Waals surface area (Å²) in [6.45, 7) is 6.81. The molecule has 0 aliphatic heterocycles. The largest absolute Gasteiger partial charge is 0.393 e. The summed E-state index contributed by atoms with van der Waals surface area (Å²) in [5.41, 5.74) is 0.470. The van der Waals surface area contributed by atoms with Crippen molar-refractivity contribution in [2.24, 2.45) is 11.3 Å². The summed E-state index contributed by atoms with van der Waals surface area (Å²) in [6, 6.07) is 0. The van der Waals surface area contributed by atoms with Gasteiger partial charge in [-0.15, -0.1) is 0 Å². The molecule has 0 amide bonds. The highest BCUT2D eigenvalue weighted by atomic mass is 16.3. The number of aliphatic hydroxyl groups is 1. The third kappa shape index (κ3) is 3.30. The van der Waals surface area contributed by atoms with Gasteiger partial charge >= 0.3 is 0 Å². The molecule has 0 radical (unpaired) electrons. The third-order valence-corrected chi connectivity index (χ3v) is 3.37. The second-order valence-corrected chi connectivity index (χ2v) is 5.38. The Morgan fingerprint density at radius 1 is 1.46 bits per heavy atom. The molecule has 1 N–H and O–H groups in total. The normalized spacial score (nSPS) is 30.0. The van der Waals surface area contributed by atoms with Crippen molar-refractivity contribution in [1.29, 1.82) is 0 Å². The monoisotopic (exact) mass is 184 g/mol. The molecule has 1 nitrogen and oxygen atoms in total. The molecule has 2 atom stereocenters. The van der Waals surface area contributed by atoms with E-state index in [-0.39, 0.29) is 6.10 Å². The van der Waals surface area contributed by atoms with Gasteiger partial charge < -0.3 is 5.11 Å². The molecular weight excluding hydrogens is 160 g/mol. The molecule has 0 aromatic rings. The highest BCUT2D eigenvalue weighted by molar-refractivity contribution is 4.82. The Morgan fingerprint density at radius 3 is 2.69 bits per heavy atom. The first-order valence-electron chi connectivity index (χ1n) is 5.73. The first-order valence-corrected chi connectivity index (χ1v) is 5.73. The maximum Gasteiger partial charge on any atom is 0.0568 e. The van der Waals surface area contributed by atoms with Gasteiger partial charge in [0.25, 0.3) is 0 Å². The number of hydrogen-bond donors (Lipinski definition) is 1. The Balaban J connectivity index is 2.42. The Morgan fingerprint density at radius 2 is 2.15 bits per heavy atom. The van der Waals surface area contributed by atoms with Crippen LogP contribution < -0.4 is 0 Å². The van der Waals surface area contributed by atoms with Gasteiger partial charge in [-0.25, -0.2) is 0 Å². The minimum atomic E-state index is -0.0374. The van der Waals surface area contributed by atoms with Gasteiger partial charge in [0, 0.05) is 0 Å². The first kappa shape index (κ1) is 11.0. The Bertz CT molecular complexity index is 151. The maximum atomic E-state index is 9.91. The van der Waals surface area contributed by atoms with E-state index in [9.17, 15) is 5.11 Å². The summed E-state index contributed by atoms with van der Waals surface area (Å²) >= 11 is 0. The molecule has 0 bridgehead atoms. The summed E-state index contributed by atoms with van der Waals surface area (Å²) in [4.78, 5) is 0. The minimum Gasteiger partial charge on any atom is -0.393 e. The van der Waals surface area contributed by atoms with Gasteiger partial charge in [0.1, 0.15) is 0 Å². The summed E-state index contributed by atoms with van der Waals surface area (Å²) in [5, 5.41) is 9.91. The van der Waals surface area contributed by atoms with E-state index in [1.165, 1.54) is 25.7 Å². The molecule has 0 aromatic carbocycles. The number of rotatable bonds is 3. The molecule has 1 aliphatic rings. The Kier molecular flexibility index (Phi) is 3.78. The van der Waals surface area contributed by atoms with E-state index >= 15 is 0 Å². The fraction of sp³-hybridized carbons (Fsp3) is 1.00. The van der Waals surface area contributed by atoms with Crippen molar-refractivity contribution in [3.8, 4) is 0 Å². The predicted octanol–water partition coefficient (Wildman–Crippen LogP) is 3.36. The topological polar surface area (TPSA) is 20.2 Å². The number of aliphatic hydroxyl groups excluding tert-OH is 1. The van der Waals surface area contributed by atoms with E-state index in [0.717, 1.165) is 12.8 Å². The molecule has 0 saturated heterocycles. The summed E-state index contributed by atoms with van der Waals surface area (Å²) in [5.74, 6) is 0.573. The second-order valence-electron chi connectivity index (χ2n) is 5.38. The van der Waals surface area contributed by atoms with Crippen LogP contribution in [0.1, 0.15) is 59.3 Å². The molecular formula is C12H24O. The van der Waals surface area contributed by atoms with Gasteiger partial charge in [0.15, 0.2) is 0 Å². The summed E-state index contributed by atoms with van der Waals surface area (Å²) < 4.78 is 0. The van der Waals surface area contributed by atoms with E-state index in [0.29, 0.717) is 11.3 Å². The zero-order valence-electron chi connectivity index (χ0n) is 9.34. The average molecular weight is 184 g/mol. The van der Waals surface area contributed by atoms with Crippen molar-refractivity contribution >= 4 is 0 Å². The summed E-state index contributed by atoms with van der Waals surface area (Å²) in [7, 11) is 0. The molecule has 1 fully saturated rings. The lowest BCUT2D eigenvalue weighted by Crippen LogP contribution is -2.30. The summed E-state index contributed by atoms with van der Waals surface area (Å²) in [6.07, 6.45) is 7.16. The average Bonchev–Trinajstić information content (AvgIpc) is 2.03. The van der Waals surface area contributed by atoms with Crippen LogP contribution >= 0.6 is 0 Å². The van der Waals surface area contributed by atoms with Gasteiger partial charge in [0.05, 0.1) is 6.10 Å². The van der Waals surface area contributed by atoms with E-state index < -0.39 is 0 Å². The Hall–Kier alpha value is -0.0400. The molecule has 1 rings (SSSR count). The highest BCUT2D eigenvalue weighted by Gasteiger charge is 2.31. The molecule has 2 unspecified atom stereocenters. The lowest BCUT2D eigenvalue weighted by Gasteiger charge is -2.37. The van der Waals surface area contributed by atoms with Crippen molar-refractivity contribution in [3.63, 3.8) is 0 Å². The van der Waals surface area contributed by atoms with Crippen LogP contribution in [-0.2, 0) is 0 Å². The SMILES string of the molecule is CCCC(O)C1CCCC(C)(C)C1. The lowest BCUT2D eigenvalue weighted by molar-refractivity contribution is 0.0409. The molecule has 0 spiro atoms. The van der Waals surface area contributed by atoms with Gasteiger partial charge in [-0.2, -0.15) is 0 Å². The number of hydrogen-bond acceptors (Lipinski definition) is 1. The van der Waals surface area contributed by atoms with Gasteiger partial charge in [-0.05, 0) is 37.0 Å². The molecule has 0 heterocycles. The van der Waals surface area contributed by atoms with Crippen molar-refractivity contribution in [2.75, 3.05) is 0 Å². The van der Waals surface area contributed by atoms with E-state index in [2.05, 4.69) is 20.8 Å². The van der Waals surface area contributed by atoms with Crippen molar-refractivity contribution < 1.29 is 5.11 Å². The van der Waals surface area contributed by atoms with Crippen LogP contribution in [0.15, 0.2) is 0 Å². The molecule has 1 saturated carbocycles. The maximum absolute atomic E-state index is 9.91. The minimum absolute atomic E-state index is 0.0374. The standard InChI is InChI=1S/C12H24O/c1-4-6-11(13)10-7-5-8-12(2,3)9-10/h10-11,13H,4-9H2,1-3H3. The molecule has 0 aromatic heterocycles.